The van der Waals surface area contributed by atoms with Crippen molar-refractivity contribution in [1.29, 1.82) is 0 Å². The second-order valence-electron chi connectivity index (χ2n) is 7.74. The molecular formula is C20H26N2O3S. The van der Waals surface area contributed by atoms with Crippen LogP contribution in [0.2, 0.25) is 0 Å². The molecule has 1 saturated carbocycles. The van der Waals surface area contributed by atoms with Crippen LogP contribution in [0.1, 0.15) is 44.9 Å². The van der Waals surface area contributed by atoms with Crippen LogP contribution in [-0.2, 0) is 20.4 Å². The van der Waals surface area contributed by atoms with E-state index in [1.165, 1.54) is 25.7 Å². The van der Waals surface area contributed by atoms with Gasteiger partial charge in [0.05, 0.1) is 10.8 Å². The van der Waals surface area contributed by atoms with E-state index in [9.17, 15) is 13.8 Å². The topological polar surface area (TPSA) is 57.7 Å². The lowest BCUT2D eigenvalue weighted by molar-refractivity contribution is -0.133. The first-order valence-electron chi connectivity index (χ1n) is 9.64. The molecule has 0 aromatic heterocycles. The zero-order valence-electron chi connectivity index (χ0n) is 15.1. The van der Waals surface area contributed by atoms with Crippen molar-refractivity contribution in [3.63, 3.8) is 0 Å². The minimum atomic E-state index is -1.22. The van der Waals surface area contributed by atoms with Crippen LogP contribution in [0.4, 0.5) is 5.69 Å². The Morgan fingerprint density at radius 1 is 1.12 bits per heavy atom. The van der Waals surface area contributed by atoms with Crippen molar-refractivity contribution in [2.24, 2.45) is 5.92 Å². The van der Waals surface area contributed by atoms with E-state index >= 15 is 0 Å². The Balaban J connectivity index is 1.48. The molecule has 0 bridgehead atoms. The van der Waals surface area contributed by atoms with Gasteiger partial charge in [-0.3, -0.25) is 18.7 Å². The van der Waals surface area contributed by atoms with E-state index in [-0.39, 0.29) is 17.6 Å². The Labute approximate surface area is 157 Å². The minimum Gasteiger partial charge on any atom is -0.342 e. The molecule has 1 atom stereocenters. The first-order chi connectivity index (χ1) is 12.6. The number of piperidine rings is 1. The van der Waals surface area contributed by atoms with Crippen molar-refractivity contribution >= 4 is 28.3 Å². The van der Waals surface area contributed by atoms with Gasteiger partial charge in [-0.25, -0.2) is 0 Å². The fourth-order valence-electron chi connectivity index (χ4n) is 4.74. The van der Waals surface area contributed by atoms with E-state index < -0.39 is 15.7 Å². The molecule has 1 aromatic rings. The number of rotatable bonds is 3. The van der Waals surface area contributed by atoms with Gasteiger partial charge in [0.2, 0.25) is 11.8 Å². The third-order valence-corrected chi connectivity index (χ3v) is 8.13. The second-order valence-corrected chi connectivity index (χ2v) is 9.48. The summed E-state index contributed by atoms with van der Waals surface area (Å²) in [6.45, 7) is 1.18. The molecule has 6 heteroatoms. The number of hydrogen-bond acceptors (Lipinski definition) is 3. The summed E-state index contributed by atoms with van der Waals surface area (Å²) in [5.74, 6) is 0.792. The Bertz CT molecular complexity index is 707. The monoisotopic (exact) mass is 374 g/mol. The molecule has 2 heterocycles. The van der Waals surface area contributed by atoms with Gasteiger partial charge in [0, 0.05) is 38.0 Å². The summed E-state index contributed by atoms with van der Waals surface area (Å²) in [5, 5.41) is 0. The number of carbonyl (C=O) groups is 2. The third-order valence-electron chi connectivity index (χ3n) is 6.19. The SMILES string of the molecule is O=C(CC1CCCC1)N1CCC2(CC1)N(c1ccccc1)C(=O)CS2=O. The highest BCUT2D eigenvalue weighted by Crippen LogP contribution is 2.41. The smallest absolute Gasteiger partial charge is 0.240 e. The summed E-state index contributed by atoms with van der Waals surface area (Å²) in [6.07, 6.45) is 6.67. The maximum atomic E-state index is 12.8. The first-order valence-corrected chi connectivity index (χ1v) is 11.0. The van der Waals surface area contributed by atoms with Gasteiger partial charge < -0.3 is 4.90 Å². The maximum absolute atomic E-state index is 12.8. The summed E-state index contributed by atoms with van der Waals surface area (Å²) in [4.78, 5) is 28.2. The summed E-state index contributed by atoms with van der Waals surface area (Å²) in [6, 6.07) is 9.52. The van der Waals surface area contributed by atoms with Crippen LogP contribution in [-0.4, -0.2) is 44.6 Å². The molecule has 1 unspecified atom stereocenters. The van der Waals surface area contributed by atoms with Gasteiger partial charge in [-0.15, -0.1) is 0 Å². The highest BCUT2D eigenvalue weighted by molar-refractivity contribution is 7.88. The van der Waals surface area contributed by atoms with Crippen molar-refractivity contribution < 1.29 is 13.8 Å². The Hall–Kier alpha value is -1.69. The van der Waals surface area contributed by atoms with Crippen LogP contribution in [0, 0.1) is 5.92 Å². The van der Waals surface area contributed by atoms with E-state index in [0.29, 0.717) is 38.3 Å². The van der Waals surface area contributed by atoms with Gasteiger partial charge in [0.25, 0.3) is 0 Å². The fraction of sp³-hybridized carbons (Fsp3) is 0.600. The molecule has 1 spiro atoms. The van der Waals surface area contributed by atoms with E-state index in [4.69, 9.17) is 0 Å². The molecule has 3 fully saturated rings. The Kier molecular flexibility index (Phi) is 4.86. The lowest BCUT2D eigenvalue weighted by atomic mass is 9.98. The number of nitrogens with zero attached hydrogens (tertiary/aromatic N) is 2. The van der Waals surface area contributed by atoms with Crippen LogP contribution in [0.25, 0.3) is 0 Å². The van der Waals surface area contributed by atoms with Gasteiger partial charge in [-0.05, 0) is 30.9 Å². The average molecular weight is 375 g/mol. The van der Waals surface area contributed by atoms with E-state index in [1.807, 2.05) is 35.2 Å². The number of amides is 2. The zero-order valence-corrected chi connectivity index (χ0v) is 15.9. The van der Waals surface area contributed by atoms with Crippen LogP contribution in [0.15, 0.2) is 30.3 Å². The molecule has 140 valence electrons. The zero-order chi connectivity index (χ0) is 18.1. The number of hydrogen-bond donors (Lipinski definition) is 0. The van der Waals surface area contributed by atoms with E-state index in [1.54, 1.807) is 4.90 Å². The van der Waals surface area contributed by atoms with Crippen LogP contribution in [0.3, 0.4) is 0 Å². The van der Waals surface area contributed by atoms with Crippen LogP contribution in [0.5, 0.6) is 0 Å². The third kappa shape index (κ3) is 3.08. The summed E-state index contributed by atoms with van der Waals surface area (Å²) in [7, 11) is -1.22. The lowest BCUT2D eigenvalue weighted by Gasteiger charge is -2.43. The van der Waals surface area contributed by atoms with Crippen molar-refractivity contribution in [3.8, 4) is 0 Å². The van der Waals surface area contributed by atoms with Gasteiger partial charge in [0.15, 0.2) is 0 Å². The molecule has 1 aliphatic carbocycles. The molecule has 4 rings (SSSR count). The minimum absolute atomic E-state index is 0.0692. The molecule has 2 amide bonds. The molecule has 26 heavy (non-hydrogen) atoms. The second kappa shape index (κ2) is 7.14. The molecule has 0 radical (unpaired) electrons. The van der Waals surface area contributed by atoms with Crippen LogP contribution < -0.4 is 4.90 Å². The molecule has 2 aliphatic heterocycles. The quantitative estimate of drug-likeness (QED) is 0.817. The Morgan fingerprint density at radius 3 is 2.42 bits per heavy atom. The van der Waals surface area contributed by atoms with Gasteiger partial charge in [-0.2, -0.15) is 0 Å². The Morgan fingerprint density at radius 2 is 1.77 bits per heavy atom. The highest BCUT2D eigenvalue weighted by Gasteiger charge is 2.53. The van der Waals surface area contributed by atoms with E-state index in [0.717, 1.165) is 5.69 Å². The number of anilines is 1. The van der Waals surface area contributed by atoms with Crippen molar-refractivity contribution in [3.05, 3.63) is 30.3 Å². The highest BCUT2D eigenvalue weighted by atomic mass is 32.2. The normalized spacial score (nSPS) is 26.0. The predicted molar refractivity (Wildman–Crippen MR) is 102 cm³/mol. The number of benzene rings is 1. The van der Waals surface area contributed by atoms with Gasteiger partial charge >= 0.3 is 0 Å². The standard InChI is InChI=1S/C20H26N2O3S/c23-18(14-16-6-4-5-7-16)21-12-10-20(11-13-21)22(19(24)15-26(20)25)17-8-2-1-3-9-17/h1-3,8-9,16H,4-7,10-15H2. The fourth-order valence-corrected chi connectivity index (χ4v) is 6.41. The number of carbonyl (C=O) groups excluding carboxylic acids is 2. The van der Waals surface area contributed by atoms with Gasteiger partial charge in [0.1, 0.15) is 10.6 Å². The molecule has 1 aromatic carbocycles. The molecule has 0 N–H and O–H groups in total. The molecular weight excluding hydrogens is 348 g/mol. The maximum Gasteiger partial charge on any atom is 0.240 e. The number of likely N-dealkylation sites (tertiary alicyclic amines) is 1. The summed E-state index contributed by atoms with van der Waals surface area (Å²) in [5.41, 5.74) is 0.814. The van der Waals surface area contributed by atoms with Crippen LogP contribution >= 0.6 is 0 Å². The molecule has 2 saturated heterocycles. The predicted octanol–water partition coefficient (Wildman–Crippen LogP) is 2.68. The average Bonchev–Trinajstić information content (AvgIpc) is 3.23. The summed E-state index contributed by atoms with van der Waals surface area (Å²) < 4.78 is 12.8. The van der Waals surface area contributed by atoms with Crippen molar-refractivity contribution in [2.75, 3.05) is 23.7 Å². The molecule has 3 aliphatic rings. The first kappa shape index (κ1) is 17.7. The molecule has 5 nitrogen and oxygen atoms in total. The lowest BCUT2D eigenvalue weighted by Crippen LogP contribution is -2.56. The van der Waals surface area contributed by atoms with Crippen molar-refractivity contribution in [2.45, 2.75) is 49.8 Å². The van der Waals surface area contributed by atoms with Gasteiger partial charge in [-0.1, -0.05) is 31.0 Å². The summed E-state index contributed by atoms with van der Waals surface area (Å²) >= 11 is 0. The largest absolute Gasteiger partial charge is 0.342 e. The van der Waals surface area contributed by atoms with Crippen molar-refractivity contribution in [1.82, 2.24) is 4.90 Å². The number of para-hydroxylation sites is 1. The van der Waals surface area contributed by atoms with E-state index in [2.05, 4.69) is 0 Å².